The van der Waals surface area contributed by atoms with Gasteiger partial charge in [-0.05, 0) is 76.6 Å². The molecule has 2 fully saturated rings. The number of hydrogen-bond donors (Lipinski definition) is 2. The maximum Gasteiger partial charge on any atom is 0.407 e. The Balaban J connectivity index is 0.929. The van der Waals surface area contributed by atoms with Crippen LogP contribution in [-0.2, 0) is 20.9 Å². The number of benzene rings is 2. The number of likely N-dealkylation sites (tertiary alicyclic amines) is 1. The lowest BCUT2D eigenvalue weighted by Crippen LogP contribution is -2.53. The molecule has 1 saturated heterocycles. The van der Waals surface area contributed by atoms with E-state index >= 15 is 0 Å². The van der Waals surface area contributed by atoms with Gasteiger partial charge in [0.1, 0.15) is 6.04 Å². The van der Waals surface area contributed by atoms with E-state index in [9.17, 15) is 14.4 Å². The number of aliphatic imine (C=N–C) groups is 2. The molecule has 0 spiro atoms. The molecule has 1 saturated carbocycles. The molecule has 4 heterocycles. The van der Waals surface area contributed by atoms with Gasteiger partial charge in [0, 0.05) is 74.0 Å². The molecule has 10 heteroatoms. The minimum Gasteiger partial charge on any atom is -0.453 e. The summed E-state index contributed by atoms with van der Waals surface area (Å²) < 4.78 is 4.77. The lowest BCUT2D eigenvalue weighted by Gasteiger charge is -2.31. The van der Waals surface area contributed by atoms with Crippen molar-refractivity contribution in [3.8, 4) is 11.1 Å². The lowest BCUT2D eigenvalue weighted by atomic mass is 9.75. The number of carbonyl (C=O) groups excluding carboxylic acids is 3. The minimum absolute atomic E-state index is 0.0497. The predicted molar refractivity (Wildman–Crippen MR) is 212 cm³/mol. The zero-order chi connectivity index (χ0) is 37.6. The number of methoxy groups -OCH3 is 1. The first-order valence-electron chi connectivity index (χ1n) is 19.3. The van der Waals surface area contributed by atoms with Crippen LogP contribution < -0.4 is 10.6 Å². The van der Waals surface area contributed by atoms with Gasteiger partial charge in [-0.15, -0.1) is 0 Å². The van der Waals surface area contributed by atoms with Crippen molar-refractivity contribution in [1.29, 1.82) is 0 Å². The summed E-state index contributed by atoms with van der Waals surface area (Å²) in [5, 5.41) is 5.87. The topological polar surface area (TPSA) is 125 Å². The van der Waals surface area contributed by atoms with Crippen LogP contribution in [0.4, 0.5) is 4.79 Å². The van der Waals surface area contributed by atoms with E-state index in [0.717, 1.165) is 89.8 Å². The maximum atomic E-state index is 13.6. The second-order valence-corrected chi connectivity index (χ2v) is 15.2. The first-order valence-corrected chi connectivity index (χ1v) is 19.3. The van der Waals surface area contributed by atoms with E-state index in [4.69, 9.17) is 14.7 Å². The first-order chi connectivity index (χ1) is 26.3. The van der Waals surface area contributed by atoms with E-state index in [2.05, 4.69) is 64.1 Å². The van der Waals surface area contributed by atoms with E-state index in [0.29, 0.717) is 19.5 Å². The average Bonchev–Trinajstić information content (AvgIpc) is 4.01. The smallest absolute Gasteiger partial charge is 0.407 e. The Bertz CT molecular complexity index is 1970. The van der Waals surface area contributed by atoms with E-state index in [1.165, 1.54) is 12.7 Å². The zero-order valence-corrected chi connectivity index (χ0v) is 31.5. The molecule has 1 aromatic heterocycles. The molecule has 0 bridgehead atoms. The highest BCUT2D eigenvalue weighted by molar-refractivity contribution is 6.04. The van der Waals surface area contributed by atoms with Crippen LogP contribution in [0.2, 0.25) is 0 Å². The van der Waals surface area contributed by atoms with Gasteiger partial charge in [-0.2, -0.15) is 0 Å². The molecule has 2 aromatic carbocycles. The molecular formula is C44H50N6O4. The Morgan fingerprint density at radius 2 is 1.44 bits per heavy atom. The third-order valence-corrected chi connectivity index (χ3v) is 11.4. The standard InChI is InChI=1S/C44H50N6O4/c1-28(2)41(49-44(53)54-3)43(52)50-21-7-11-40(50)39-23-35(27-47-39)33-18-14-31(15-19-33)30-12-16-32(17-13-30)34-22-38(46-26-34)36-9-4-5-10-37(36)42(51)48-25-29-8-6-20-45-24-29/h6,8,12-20,24,26-28,36-37,40-41H,4-5,7,9-11,21-23,25H2,1-3H3,(H,48,51)(H,49,53)/t36-,37-,40+,41+/m1/s1. The monoisotopic (exact) mass is 726 g/mol. The van der Waals surface area contributed by atoms with Crippen LogP contribution in [0.25, 0.3) is 22.3 Å². The van der Waals surface area contributed by atoms with E-state index < -0.39 is 12.1 Å². The summed E-state index contributed by atoms with van der Waals surface area (Å²) >= 11 is 0. The van der Waals surface area contributed by atoms with Crippen molar-refractivity contribution in [2.45, 2.75) is 83.8 Å². The maximum absolute atomic E-state index is 13.6. The highest BCUT2D eigenvalue weighted by Crippen LogP contribution is 2.37. The van der Waals surface area contributed by atoms with E-state index in [-0.39, 0.29) is 35.6 Å². The fourth-order valence-electron chi connectivity index (χ4n) is 8.35. The summed E-state index contributed by atoms with van der Waals surface area (Å²) in [4.78, 5) is 54.5. The number of hydrogen-bond acceptors (Lipinski definition) is 7. The molecule has 0 unspecified atom stereocenters. The van der Waals surface area contributed by atoms with Gasteiger partial charge < -0.3 is 20.3 Å². The zero-order valence-electron chi connectivity index (χ0n) is 31.5. The summed E-state index contributed by atoms with van der Waals surface area (Å²) in [6, 6.07) is 20.4. The number of ether oxygens (including phenoxy) is 1. The number of aromatic nitrogens is 1. The first kappa shape index (κ1) is 37.0. The van der Waals surface area contributed by atoms with Crippen molar-refractivity contribution in [1.82, 2.24) is 20.5 Å². The van der Waals surface area contributed by atoms with Crippen LogP contribution in [0.15, 0.2) is 95.4 Å². The molecule has 1 aliphatic carbocycles. The van der Waals surface area contributed by atoms with Crippen LogP contribution in [-0.4, -0.2) is 65.0 Å². The number of alkyl carbamates (subject to hydrolysis) is 1. The summed E-state index contributed by atoms with van der Waals surface area (Å²) in [6.45, 7) is 5.00. The SMILES string of the molecule is COC(=O)N[C@H](C(=O)N1CCC[C@H]1C1=NC=C(c2ccc(-c3ccc(C4=CN=C([C@@H]5CCCC[C@H]5C(=O)NCc5cccnc5)C4)cc3)cc2)C1)C(C)C. The van der Waals surface area contributed by atoms with Crippen molar-refractivity contribution in [2.75, 3.05) is 13.7 Å². The van der Waals surface area contributed by atoms with Gasteiger partial charge in [0.15, 0.2) is 0 Å². The summed E-state index contributed by atoms with van der Waals surface area (Å²) in [5.74, 6) is 0.0786. The normalized spacial score (nSPS) is 21.6. The molecular weight excluding hydrogens is 677 g/mol. The van der Waals surface area contributed by atoms with Gasteiger partial charge in [-0.1, -0.05) is 81.3 Å². The van der Waals surface area contributed by atoms with Gasteiger partial charge >= 0.3 is 6.09 Å². The molecule has 54 heavy (non-hydrogen) atoms. The number of rotatable bonds is 11. The molecule has 0 radical (unpaired) electrons. The third kappa shape index (κ3) is 8.22. The Morgan fingerprint density at radius 1 is 0.815 bits per heavy atom. The number of nitrogens with one attached hydrogen (secondary N) is 2. The van der Waals surface area contributed by atoms with Crippen LogP contribution in [0.5, 0.6) is 0 Å². The molecule has 2 N–H and O–H groups in total. The van der Waals surface area contributed by atoms with Crippen molar-refractivity contribution < 1.29 is 19.1 Å². The molecule has 10 nitrogen and oxygen atoms in total. The highest BCUT2D eigenvalue weighted by Gasteiger charge is 2.39. The van der Waals surface area contributed by atoms with Gasteiger partial charge in [0.05, 0.1) is 13.2 Å². The van der Waals surface area contributed by atoms with Gasteiger partial charge in [0.25, 0.3) is 0 Å². The summed E-state index contributed by atoms with van der Waals surface area (Å²) in [7, 11) is 1.31. The molecule has 3 aliphatic heterocycles. The second kappa shape index (κ2) is 16.7. The largest absolute Gasteiger partial charge is 0.453 e. The number of carbonyl (C=O) groups is 3. The van der Waals surface area contributed by atoms with Crippen LogP contribution >= 0.6 is 0 Å². The molecule has 4 atom stereocenters. The van der Waals surface area contributed by atoms with Gasteiger partial charge in [-0.3, -0.25) is 24.6 Å². The number of amides is 3. The molecule has 280 valence electrons. The fraction of sp³-hybridized carbons (Fsp3) is 0.409. The van der Waals surface area contributed by atoms with Crippen LogP contribution in [0.1, 0.15) is 81.9 Å². The Hall–Kier alpha value is -5.38. The quantitative estimate of drug-likeness (QED) is 0.211. The average molecular weight is 727 g/mol. The second-order valence-electron chi connectivity index (χ2n) is 15.2. The molecule has 4 aliphatic rings. The predicted octanol–water partition coefficient (Wildman–Crippen LogP) is 7.61. The minimum atomic E-state index is -0.646. The van der Waals surface area contributed by atoms with Crippen molar-refractivity contribution in [2.24, 2.45) is 27.7 Å². The Morgan fingerprint density at radius 3 is 2.07 bits per heavy atom. The fourth-order valence-corrected chi connectivity index (χ4v) is 8.35. The van der Waals surface area contributed by atoms with Crippen molar-refractivity contribution >= 4 is 40.5 Å². The van der Waals surface area contributed by atoms with E-state index in [1.807, 2.05) is 43.3 Å². The van der Waals surface area contributed by atoms with Gasteiger partial charge in [0.2, 0.25) is 11.8 Å². The van der Waals surface area contributed by atoms with Crippen LogP contribution in [0.3, 0.4) is 0 Å². The van der Waals surface area contributed by atoms with Crippen LogP contribution in [0, 0.1) is 17.8 Å². The number of pyridine rings is 1. The molecule has 7 rings (SSSR count). The summed E-state index contributed by atoms with van der Waals surface area (Å²) in [6.07, 6.45) is 14.2. The lowest BCUT2D eigenvalue weighted by molar-refractivity contribution is -0.134. The third-order valence-electron chi connectivity index (χ3n) is 11.4. The number of allylic oxidation sites excluding steroid dienone is 2. The summed E-state index contributed by atoms with van der Waals surface area (Å²) in [5.41, 5.74) is 10.00. The highest BCUT2D eigenvalue weighted by atomic mass is 16.5. The molecule has 3 amide bonds. The van der Waals surface area contributed by atoms with Crippen molar-refractivity contribution in [3.05, 3.63) is 102 Å². The van der Waals surface area contributed by atoms with Gasteiger partial charge in [-0.25, -0.2) is 4.79 Å². The Labute approximate surface area is 317 Å². The molecule has 3 aromatic rings. The van der Waals surface area contributed by atoms with E-state index in [1.54, 1.807) is 12.4 Å². The Kier molecular flexibility index (Phi) is 11.5. The number of nitrogens with zero attached hydrogens (tertiary/aromatic N) is 4. The van der Waals surface area contributed by atoms with Crippen molar-refractivity contribution in [3.63, 3.8) is 0 Å².